The fourth-order valence-corrected chi connectivity index (χ4v) is 3.97. The Hall–Kier alpha value is -2.19. The van der Waals surface area contributed by atoms with Gasteiger partial charge in [-0.15, -0.1) is 0 Å². The van der Waals surface area contributed by atoms with Gasteiger partial charge in [-0.1, -0.05) is 17.7 Å². The van der Waals surface area contributed by atoms with Crippen LogP contribution in [-0.4, -0.2) is 28.6 Å². The molecule has 0 aliphatic carbocycles. The summed E-state index contributed by atoms with van der Waals surface area (Å²) in [5.41, 5.74) is 0.146. The second-order valence-electron chi connectivity index (χ2n) is 4.62. The zero-order chi connectivity index (χ0) is 16.1. The van der Waals surface area contributed by atoms with Gasteiger partial charge in [0.1, 0.15) is 27.5 Å². The van der Waals surface area contributed by atoms with Crippen LogP contribution in [-0.2, 0) is 16.6 Å². The van der Waals surface area contributed by atoms with Crippen molar-refractivity contribution >= 4 is 27.5 Å². The van der Waals surface area contributed by atoms with Crippen LogP contribution in [0.3, 0.4) is 0 Å². The monoisotopic (exact) mass is 341 g/mol. The molecule has 0 saturated carbocycles. The van der Waals surface area contributed by atoms with Crippen molar-refractivity contribution in [1.29, 1.82) is 5.41 Å². The summed E-state index contributed by atoms with van der Waals surface area (Å²) in [7, 11) is -4.24. The summed E-state index contributed by atoms with van der Waals surface area (Å²) in [5, 5.41) is 17.9. The van der Waals surface area contributed by atoms with Crippen molar-refractivity contribution in [2.24, 2.45) is 0 Å². The summed E-state index contributed by atoms with van der Waals surface area (Å²) >= 11 is 5.66. The van der Waals surface area contributed by atoms with E-state index >= 15 is 0 Å². The maximum Gasteiger partial charge on any atom is 0.269 e. The van der Waals surface area contributed by atoms with Gasteiger partial charge in [0, 0.05) is 6.20 Å². The lowest BCUT2D eigenvalue weighted by atomic mass is 10.1. The lowest BCUT2D eigenvalue weighted by Gasteiger charge is -2.16. The van der Waals surface area contributed by atoms with E-state index in [-0.39, 0.29) is 17.3 Å². The van der Waals surface area contributed by atoms with Crippen LogP contribution in [0.2, 0.25) is 5.15 Å². The number of aromatic nitrogens is 1. The topological polar surface area (TPSA) is 94.3 Å². The molecule has 22 heavy (non-hydrogen) atoms. The number of benzene rings is 1. The molecule has 1 aromatic heterocycles. The molecular formula is C13H9ClFN3O3S. The molecule has 1 aliphatic heterocycles. The second-order valence-corrected chi connectivity index (χ2v) is 6.81. The molecule has 0 spiro atoms. The number of amidine groups is 1. The minimum Gasteiger partial charge on any atom is -0.507 e. The van der Waals surface area contributed by atoms with Crippen LogP contribution in [0.5, 0.6) is 5.75 Å². The Balaban J connectivity index is 2.09. The Bertz CT molecular complexity index is 884. The molecule has 114 valence electrons. The van der Waals surface area contributed by atoms with E-state index in [9.17, 15) is 17.9 Å². The number of hydrogen-bond donors (Lipinski definition) is 2. The third-order valence-electron chi connectivity index (χ3n) is 3.24. The summed E-state index contributed by atoms with van der Waals surface area (Å²) in [4.78, 5) is 3.15. The molecule has 0 bridgehead atoms. The summed E-state index contributed by atoms with van der Waals surface area (Å²) in [6.07, 6.45) is 1.37. The van der Waals surface area contributed by atoms with Crippen molar-refractivity contribution in [3.05, 3.63) is 52.6 Å². The molecular weight excluding hydrogens is 333 g/mol. The predicted molar refractivity (Wildman–Crippen MR) is 76.9 cm³/mol. The number of aromatic hydroxyl groups is 1. The van der Waals surface area contributed by atoms with Crippen molar-refractivity contribution in [2.75, 3.05) is 0 Å². The number of sulfonamides is 1. The lowest BCUT2D eigenvalue weighted by molar-refractivity contribution is 0.467. The van der Waals surface area contributed by atoms with Crippen LogP contribution in [0.25, 0.3) is 0 Å². The first-order chi connectivity index (χ1) is 10.3. The van der Waals surface area contributed by atoms with Crippen molar-refractivity contribution in [3.63, 3.8) is 0 Å². The number of phenolic OH excluding ortho intramolecular Hbond substituents is 1. The summed E-state index contributed by atoms with van der Waals surface area (Å²) in [5.74, 6) is -1.95. The van der Waals surface area contributed by atoms with E-state index < -0.39 is 32.3 Å². The van der Waals surface area contributed by atoms with Gasteiger partial charge in [0.05, 0.1) is 12.1 Å². The average Bonchev–Trinajstić information content (AvgIpc) is 2.66. The predicted octanol–water partition coefficient (Wildman–Crippen LogP) is 2.11. The third-order valence-corrected chi connectivity index (χ3v) is 5.27. The van der Waals surface area contributed by atoms with Crippen LogP contribution in [0.4, 0.5) is 4.39 Å². The van der Waals surface area contributed by atoms with Gasteiger partial charge in [0.25, 0.3) is 10.0 Å². The number of nitrogens with one attached hydrogen (secondary N) is 1. The number of fused-ring (bicyclic) bond motifs is 1. The molecule has 2 heterocycles. The van der Waals surface area contributed by atoms with Crippen LogP contribution < -0.4 is 0 Å². The maximum atomic E-state index is 13.9. The molecule has 2 aromatic rings. The number of nitrogens with zero attached hydrogens (tertiary/aromatic N) is 2. The molecule has 2 N–H and O–H groups in total. The van der Waals surface area contributed by atoms with E-state index in [1.54, 1.807) is 6.07 Å². The fourth-order valence-electron chi connectivity index (χ4n) is 2.21. The number of halogens is 2. The highest BCUT2D eigenvalue weighted by Crippen LogP contribution is 2.38. The zero-order valence-electron chi connectivity index (χ0n) is 10.9. The average molecular weight is 342 g/mol. The van der Waals surface area contributed by atoms with Gasteiger partial charge in [-0.3, -0.25) is 5.41 Å². The van der Waals surface area contributed by atoms with E-state index in [1.807, 2.05) is 0 Å². The SMILES string of the molecule is N=C1c2c(O)ccc(F)c2S(=O)(=O)N1Cc1ccc(Cl)nc1. The number of rotatable bonds is 2. The minimum absolute atomic E-state index is 0.209. The highest BCUT2D eigenvalue weighted by Gasteiger charge is 2.43. The van der Waals surface area contributed by atoms with Gasteiger partial charge in [0.15, 0.2) is 0 Å². The molecule has 0 fully saturated rings. The molecule has 1 aliphatic rings. The van der Waals surface area contributed by atoms with E-state index in [4.69, 9.17) is 17.0 Å². The Morgan fingerprint density at radius 2 is 2.05 bits per heavy atom. The van der Waals surface area contributed by atoms with E-state index in [1.165, 1.54) is 12.3 Å². The normalized spacial score (nSPS) is 15.9. The molecule has 1 aromatic carbocycles. The highest BCUT2D eigenvalue weighted by molar-refractivity contribution is 7.90. The zero-order valence-corrected chi connectivity index (χ0v) is 12.5. The van der Waals surface area contributed by atoms with Gasteiger partial charge in [-0.25, -0.2) is 22.1 Å². The lowest BCUT2D eigenvalue weighted by Crippen LogP contribution is -2.29. The Kier molecular flexibility index (Phi) is 3.30. The fraction of sp³-hybridized carbons (Fsp3) is 0.0769. The standard InChI is InChI=1S/C13H9ClFN3O3S/c14-10-4-1-7(5-17-10)6-18-13(16)11-9(19)3-2-8(15)12(11)22(18,20)21/h1-5,16,19H,6H2. The quantitative estimate of drug-likeness (QED) is 0.818. The maximum absolute atomic E-state index is 13.9. The van der Waals surface area contributed by atoms with Crippen molar-refractivity contribution < 1.29 is 17.9 Å². The number of hydrogen-bond acceptors (Lipinski definition) is 5. The molecule has 6 nitrogen and oxygen atoms in total. The van der Waals surface area contributed by atoms with Crippen LogP contribution in [0.1, 0.15) is 11.1 Å². The Morgan fingerprint density at radius 1 is 1.32 bits per heavy atom. The second kappa shape index (κ2) is 4.92. The number of phenols is 1. The summed E-state index contributed by atoms with van der Waals surface area (Å²) in [6.45, 7) is -0.209. The third kappa shape index (κ3) is 2.11. The van der Waals surface area contributed by atoms with Crippen molar-refractivity contribution in [3.8, 4) is 5.75 Å². The van der Waals surface area contributed by atoms with Crippen molar-refractivity contribution in [1.82, 2.24) is 9.29 Å². The summed E-state index contributed by atoms with van der Waals surface area (Å²) < 4.78 is 39.4. The minimum atomic E-state index is -4.24. The molecule has 0 amide bonds. The van der Waals surface area contributed by atoms with Gasteiger partial charge in [0.2, 0.25) is 0 Å². The molecule has 3 rings (SSSR count). The molecule has 9 heteroatoms. The van der Waals surface area contributed by atoms with Gasteiger partial charge in [-0.2, -0.15) is 0 Å². The van der Waals surface area contributed by atoms with Gasteiger partial charge in [-0.05, 0) is 23.8 Å². The first-order valence-corrected chi connectivity index (χ1v) is 7.87. The van der Waals surface area contributed by atoms with E-state index in [0.29, 0.717) is 9.87 Å². The molecule has 0 saturated heterocycles. The van der Waals surface area contributed by atoms with Crippen LogP contribution in [0.15, 0.2) is 35.4 Å². The largest absolute Gasteiger partial charge is 0.507 e. The summed E-state index contributed by atoms with van der Waals surface area (Å²) in [6, 6.07) is 4.91. The molecule has 0 atom stereocenters. The van der Waals surface area contributed by atoms with Crippen molar-refractivity contribution in [2.45, 2.75) is 11.4 Å². The van der Waals surface area contributed by atoms with Crippen LogP contribution >= 0.6 is 11.6 Å². The number of pyridine rings is 1. The first kappa shape index (κ1) is 14.7. The Morgan fingerprint density at radius 3 is 2.64 bits per heavy atom. The van der Waals surface area contributed by atoms with E-state index in [2.05, 4.69) is 4.98 Å². The van der Waals surface area contributed by atoms with Crippen LogP contribution in [0, 0.1) is 11.2 Å². The molecule has 0 radical (unpaired) electrons. The smallest absolute Gasteiger partial charge is 0.269 e. The molecule has 0 unspecified atom stereocenters. The highest BCUT2D eigenvalue weighted by atomic mass is 35.5. The Labute approximate surface area is 130 Å². The van der Waals surface area contributed by atoms with Gasteiger partial charge >= 0.3 is 0 Å². The first-order valence-electron chi connectivity index (χ1n) is 6.06. The van der Waals surface area contributed by atoms with E-state index in [0.717, 1.165) is 12.1 Å². The van der Waals surface area contributed by atoms with Gasteiger partial charge < -0.3 is 5.11 Å².